The zero-order chi connectivity index (χ0) is 16.5. The van der Waals surface area contributed by atoms with Gasteiger partial charge in [0.25, 0.3) is 0 Å². The molecule has 0 unspecified atom stereocenters. The molecule has 0 saturated heterocycles. The van der Waals surface area contributed by atoms with E-state index in [1.807, 2.05) is 41.5 Å². The summed E-state index contributed by atoms with van der Waals surface area (Å²) in [5.74, 6) is 0.844. The summed E-state index contributed by atoms with van der Waals surface area (Å²) in [6.07, 6.45) is 0.620. The van der Waals surface area contributed by atoms with Crippen LogP contribution in [0.4, 0.5) is 11.5 Å². The Morgan fingerprint density at radius 2 is 2.00 bits per heavy atom. The molecule has 0 aliphatic rings. The summed E-state index contributed by atoms with van der Waals surface area (Å²) < 4.78 is 6.67. The second-order valence-electron chi connectivity index (χ2n) is 6.49. The van der Waals surface area contributed by atoms with Crippen LogP contribution in [0.5, 0.6) is 5.88 Å². The van der Waals surface area contributed by atoms with Crippen molar-refractivity contribution in [1.82, 2.24) is 14.9 Å². The SMILES string of the molecule is CCc1nn(C(C)C)c([O-])c1N=Nc1cc(C(C)(C)C)on1. The molecule has 2 aromatic rings. The van der Waals surface area contributed by atoms with Gasteiger partial charge in [0.2, 0.25) is 5.82 Å². The number of hydrogen-bond donors (Lipinski definition) is 0. The summed E-state index contributed by atoms with van der Waals surface area (Å²) in [5, 5.41) is 28.5. The summed E-state index contributed by atoms with van der Waals surface area (Å²) in [6, 6.07) is 1.72. The molecule has 2 heterocycles. The summed E-state index contributed by atoms with van der Waals surface area (Å²) in [5.41, 5.74) is 0.764. The van der Waals surface area contributed by atoms with Crippen LogP contribution in [0.2, 0.25) is 0 Å². The van der Waals surface area contributed by atoms with Gasteiger partial charge in [0.15, 0.2) is 0 Å². The normalized spacial score (nSPS) is 12.7. The lowest BCUT2D eigenvalue weighted by molar-refractivity contribution is -0.279. The number of hydrogen-bond acceptors (Lipinski definition) is 6. The van der Waals surface area contributed by atoms with E-state index in [9.17, 15) is 5.11 Å². The van der Waals surface area contributed by atoms with Crippen molar-refractivity contribution in [3.05, 3.63) is 17.5 Å². The second-order valence-corrected chi connectivity index (χ2v) is 6.49. The fourth-order valence-electron chi connectivity index (χ4n) is 1.91. The minimum Gasteiger partial charge on any atom is -0.857 e. The van der Waals surface area contributed by atoms with Gasteiger partial charge in [-0.15, -0.1) is 10.2 Å². The fraction of sp³-hybridized carbons (Fsp3) is 0.600. The van der Waals surface area contributed by atoms with Gasteiger partial charge in [0.05, 0.1) is 5.69 Å². The van der Waals surface area contributed by atoms with Crippen LogP contribution in [0.25, 0.3) is 0 Å². The van der Waals surface area contributed by atoms with Crippen LogP contribution in [0, 0.1) is 0 Å². The topological polar surface area (TPSA) is 91.6 Å². The predicted molar refractivity (Wildman–Crippen MR) is 80.8 cm³/mol. The van der Waals surface area contributed by atoms with Crippen LogP contribution in [0.1, 0.15) is 59.0 Å². The molecule has 7 heteroatoms. The highest BCUT2D eigenvalue weighted by Gasteiger charge is 2.19. The lowest BCUT2D eigenvalue weighted by Crippen LogP contribution is -2.08. The van der Waals surface area contributed by atoms with Crippen LogP contribution < -0.4 is 5.11 Å². The number of aryl methyl sites for hydroxylation is 1. The zero-order valence-corrected chi connectivity index (χ0v) is 13.9. The molecule has 120 valence electrons. The molecule has 2 rings (SSSR count). The highest BCUT2D eigenvalue weighted by Crippen LogP contribution is 2.33. The summed E-state index contributed by atoms with van der Waals surface area (Å²) in [7, 11) is 0. The molecular formula is C15H22N5O2-. The van der Waals surface area contributed by atoms with Gasteiger partial charge in [-0.25, -0.2) is 0 Å². The Labute approximate surface area is 130 Å². The third kappa shape index (κ3) is 3.18. The molecule has 0 atom stereocenters. The zero-order valence-electron chi connectivity index (χ0n) is 13.9. The van der Waals surface area contributed by atoms with E-state index in [2.05, 4.69) is 20.5 Å². The molecule has 0 saturated carbocycles. The van der Waals surface area contributed by atoms with Crippen molar-refractivity contribution in [3.8, 4) is 5.88 Å². The Kier molecular flexibility index (Phi) is 4.35. The first kappa shape index (κ1) is 16.2. The van der Waals surface area contributed by atoms with Crippen molar-refractivity contribution >= 4 is 11.5 Å². The molecule has 2 aromatic heterocycles. The van der Waals surface area contributed by atoms with E-state index < -0.39 is 0 Å². The Hall–Kier alpha value is -2.18. The van der Waals surface area contributed by atoms with E-state index in [0.29, 0.717) is 17.9 Å². The van der Waals surface area contributed by atoms with Crippen LogP contribution in [-0.4, -0.2) is 14.9 Å². The van der Waals surface area contributed by atoms with Gasteiger partial charge in [-0.2, -0.15) is 5.10 Å². The van der Waals surface area contributed by atoms with Crippen LogP contribution in [-0.2, 0) is 11.8 Å². The first-order chi connectivity index (χ1) is 10.2. The van der Waals surface area contributed by atoms with Gasteiger partial charge in [-0.05, 0) is 20.3 Å². The van der Waals surface area contributed by atoms with E-state index in [4.69, 9.17) is 4.52 Å². The average molecular weight is 304 g/mol. The van der Waals surface area contributed by atoms with Crippen LogP contribution >= 0.6 is 0 Å². The summed E-state index contributed by atoms with van der Waals surface area (Å²) >= 11 is 0. The van der Waals surface area contributed by atoms with Crippen molar-refractivity contribution < 1.29 is 9.63 Å². The smallest absolute Gasteiger partial charge is 0.217 e. The molecule has 0 aromatic carbocycles. The number of nitrogens with zero attached hydrogens (tertiary/aromatic N) is 5. The Bertz CT molecular complexity index is 677. The fourth-order valence-corrected chi connectivity index (χ4v) is 1.91. The molecular weight excluding hydrogens is 282 g/mol. The molecule has 0 radical (unpaired) electrons. The minimum absolute atomic E-state index is 0.0127. The highest BCUT2D eigenvalue weighted by atomic mass is 16.5. The van der Waals surface area contributed by atoms with Gasteiger partial charge >= 0.3 is 0 Å². The molecule has 0 spiro atoms. The maximum atomic E-state index is 12.3. The average Bonchev–Trinajstić information content (AvgIpc) is 3.00. The molecule has 0 aliphatic heterocycles. The van der Waals surface area contributed by atoms with Crippen molar-refractivity contribution in [1.29, 1.82) is 0 Å². The maximum Gasteiger partial charge on any atom is 0.217 e. The predicted octanol–water partition coefficient (Wildman–Crippen LogP) is 3.80. The second kappa shape index (κ2) is 5.90. The molecule has 22 heavy (non-hydrogen) atoms. The standard InChI is InChI=1S/C15H23N5O2/c1-7-10-13(14(21)20(18-10)9(2)3)17-16-12-8-11(22-19-12)15(4,5)6/h8-9,21H,7H2,1-6H3/p-1. The Morgan fingerprint density at radius 3 is 2.50 bits per heavy atom. The molecule has 0 bridgehead atoms. The van der Waals surface area contributed by atoms with E-state index in [1.54, 1.807) is 6.07 Å². The van der Waals surface area contributed by atoms with Gasteiger partial charge in [-0.3, -0.25) is 4.68 Å². The van der Waals surface area contributed by atoms with Crippen molar-refractivity contribution in [2.45, 2.75) is 59.4 Å². The van der Waals surface area contributed by atoms with Gasteiger partial charge < -0.3 is 9.63 Å². The van der Waals surface area contributed by atoms with E-state index in [0.717, 1.165) is 5.76 Å². The lowest BCUT2D eigenvalue weighted by Gasteiger charge is -2.13. The largest absolute Gasteiger partial charge is 0.857 e. The lowest BCUT2D eigenvalue weighted by atomic mass is 9.93. The van der Waals surface area contributed by atoms with Gasteiger partial charge in [-0.1, -0.05) is 32.9 Å². The quantitative estimate of drug-likeness (QED) is 0.803. The monoisotopic (exact) mass is 304 g/mol. The Balaban J connectivity index is 2.32. The number of aromatic nitrogens is 3. The summed E-state index contributed by atoms with van der Waals surface area (Å²) in [4.78, 5) is 0. The van der Waals surface area contributed by atoms with Gasteiger partial charge in [0.1, 0.15) is 11.4 Å². The molecule has 0 N–H and O–H groups in total. The molecule has 0 aliphatic carbocycles. The van der Waals surface area contributed by atoms with Crippen molar-refractivity contribution in [2.24, 2.45) is 10.2 Å². The first-order valence-electron chi connectivity index (χ1n) is 7.41. The van der Waals surface area contributed by atoms with E-state index in [-0.39, 0.29) is 23.0 Å². The third-order valence-corrected chi connectivity index (χ3v) is 3.23. The third-order valence-electron chi connectivity index (χ3n) is 3.23. The maximum absolute atomic E-state index is 12.3. The van der Waals surface area contributed by atoms with E-state index >= 15 is 0 Å². The number of azo groups is 1. The van der Waals surface area contributed by atoms with Crippen LogP contribution in [0.3, 0.4) is 0 Å². The summed E-state index contributed by atoms with van der Waals surface area (Å²) in [6.45, 7) is 11.8. The van der Waals surface area contributed by atoms with Crippen LogP contribution in [0.15, 0.2) is 20.8 Å². The molecule has 0 fully saturated rings. The number of rotatable bonds is 4. The molecule has 7 nitrogen and oxygen atoms in total. The van der Waals surface area contributed by atoms with Crippen molar-refractivity contribution in [2.75, 3.05) is 0 Å². The van der Waals surface area contributed by atoms with Crippen molar-refractivity contribution in [3.63, 3.8) is 0 Å². The Morgan fingerprint density at radius 1 is 1.32 bits per heavy atom. The van der Waals surface area contributed by atoms with E-state index in [1.165, 1.54) is 4.68 Å². The first-order valence-corrected chi connectivity index (χ1v) is 7.41. The highest BCUT2D eigenvalue weighted by molar-refractivity contribution is 5.51. The van der Waals surface area contributed by atoms with Gasteiger partial charge in [0, 0.05) is 23.4 Å². The molecule has 0 amide bonds. The minimum atomic E-state index is -0.227.